The molecule has 0 N–H and O–H groups in total. The minimum absolute atomic E-state index is 0.0113. The van der Waals surface area contributed by atoms with Crippen molar-refractivity contribution in [3.8, 4) is 0 Å². The van der Waals surface area contributed by atoms with E-state index in [1.165, 1.54) is 11.1 Å². The van der Waals surface area contributed by atoms with Gasteiger partial charge < -0.3 is 0 Å². The van der Waals surface area contributed by atoms with Gasteiger partial charge in [0.05, 0.1) is 0 Å². The third kappa shape index (κ3) is 15.6. The average Bonchev–Trinajstić information content (AvgIpc) is 2.81. The molecule has 15 heteroatoms. The Morgan fingerprint density at radius 2 is 1.09 bits per heavy atom. The molecule has 0 fully saturated rings. The maximum atomic E-state index is 12.3. The summed E-state index contributed by atoms with van der Waals surface area (Å²) in [5, 5.41) is 0. The van der Waals surface area contributed by atoms with Crippen LogP contribution in [0.3, 0.4) is 0 Å². The van der Waals surface area contributed by atoms with Crippen LogP contribution in [0.25, 0.3) is 0 Å². The van der Waals surface area contributed by atoms with E-state index in [1.807, 2.05) is 6.26 Å². The second-order valence-electron chi connectivity index (χ2n) is 6.77. The minimum atomic E-state index is -0.206. The molecule has 0 heterocycles. The van der Waals surface area contributed by atoms with Gasteiger partial charge in [0.1, 0.15) is 0 Å². The number of thioether (sulfide) groups is 3. The molecular weight excluding hydrogens is 489 g/mol. The van der Waals surface area contributed by atoms with E-state index in [2.05, 4.69) is 21.3 Å². The number of amides is 3. The van der Waals surface area contributed by atoms with Gasteiger partial charge in [-0.15, -0.1) is 0 Å². The molecule has 0 aliphatic rings. The van der Waals surface area contributed by atoms with E-state index >= 15 is 0 Å². The summed E-state index contributed by atoms with van der Waals surface area (Å²) in [7, 11) is 15.4. The SMILES string of the molecule is [B]=NCC(=O)N(C=C)CCSCCN(CCSCCN(CCSC)C(=O)CN=[B])C(=O)CN=[B]. The van der Waals surface area contributed by atoms with Gasteiger partial charge in [0, 0.05) is 0 Å². The van der Waals surface area contributed by atoms with Crippen molar-refractivity contribution in [2.75, 3.05) is 87.4 Å². The normalized spacial score (nSPS) is 10.2. The molecule has 0 spiro atoms. The van der Waals surface area contributed by atoms with Crippen LogP contribution in [-0.2, 0) is 14.4 Å². The van der Waals surface area contributed by atoms with Crippen LogP contribution < -0.4 is 0 Å². The summed E-state index contributed by atoms with van der Waals surface area (Å²) in [6.07, 6.45) is 3.46. The standard InChI is InChI=1S/C19H32B3N6O3S3/c1-3-26(17(29)14-23-20)5-10-33-12-7-28(19(31)16-25-22)8-13-34-11-6-27(4-9-32-2)18(30)15-24-21/h3H,1,4-16H2,2H3. The van der Waals surface area contributed by atoms with Crippen LogP contribution in [0.15, 0.2) is 27.5 Å². The summed E-state index contributed by atoms with van der Waals surface area (Å²) in [6.45, 7) is 6.36. The molecule has 0 rings (SSSR count). The molecule has 0 saturated heterocycles. The fourth-order valence-corrected chi connectivity index (χ4v) is 4.84. The van der Waals surface area contributed by atoms with Crippen molar-refractivity contribution in [1.29, 1.82) is 0 Å². The number of hydrogen-bond acceptors (Lipinski definition) is 9. The van der Waals surface area contributed by atoms with Crippen LogP contribution in [0.2, 0.25) is 0 Å². The Morgan fingerprint density at radius 1 is 0.706 bits per heavy atom. The van der Waals surface area contributed by atoms with E-state index in [-0.39, 0.29) is 37.4 Å². The van der Waals surface area contributed by atoms with Crippen LogP contribution in [0.1, 0.15) is 0 Å². The fourth-order valence-electron chi connectivity index (χ4n) is 2.66. The zero-order valence-corrected chi connectivity index (χ0v) is 22.3. The van der Waals surface area contributed by atoms with E-state index in [0.717, 1.165) is 17.3 Å². The van der Waals surface area contributed by atoms with Gasteiger partial charge in [-0.25, -0.2) is 0 Å². The molecule has 3 radical (unpaired) electrons. The summed E-state index contributed by atoms with van der Waals surface area (Å²) in [4.78, 5) is 51.5. The zero-order valence-electron chi connectivity index (χ0n) is 19.8. The Labute approximate surface area is 219 Å². The predicted molar refractivity (Wildman–Crippen MR) is 147 cm³/mol. The molecule has 0 aliphatic heterocycles. The van der Waals surface area contributed by atoms with E-state index in [1.54, 1.807) is 45.1 Å². The Morgan fingerprint density at radius 3 is 1.47 bits per heavy atom. The van der Waals surface area contributed by atoms with Crippen molar-refractivity contribution in [2.45, 2.75) is 0 Å². The van der Waals surface area contributed by atoms with Crippen LogP contribution in [0.4, 0.5) is 0 Å². The Kier molecular flexibility index (Phi) is 21.5. The van der Waals surface area contributed by atoms with Gasteiger partial charge in [-0.2, -0.15) is 0 Å². The molecule has 183 valence electrons. The Hall–Kier alpha value is -1.21. The molecule has 0 unspecified atom stereocenters. The van der Waals surface area contributed by atoms with E-state index in [4.69, 9.17) is 22.9 Å². The molecule has 3 amide bonds. The first-order valence-electron chi connectivity index (χ1n) is 10.7. The van der Waals surface area contributed by atoms with Gasteiger partial charge in [-0.3, -0.25) is 0 Å². The second-order valence-corrected chi connectivity index (χ2v) is 10.2. The van der Waals surface area contributed by atoms with Crippen molar-refractivity contribution < 1.29 is 14.4 Å². The monoisotopic (exact) mass is 521 g/mol. The first kappa shape index (κ1) is 32.8. The molecule has 0 saturated carbocycles. The van der Waals surface area contributed by atoms with Crippen molar-refractivity contribution in [3.63, 3.8) is 0 Å². The number of nitrogens with zero attached hydrogens (tertiary/aromatic N) is 6. The van der Waals surface area contributed by atoms with Crippen LogP contribution in [0, 0.1) is 0 Å². The number of rotatable bonds is 22. The maximum absolute atomic E-state index is 12.3. The summed E-state index contributed by atoms with van der Waals surface area (Å²) in [5.41, 5.74) is 0. The third-order valence-electron chi connectivity index (χ3n) is 4.48. The van der Waals surface area contributed by atoms with Crippen LogP contribution in [-0.4, -0.2) is 143 Å². The molecule has 0 bridgehead atoms. The Bertz CT molecular complexity index is 678. The van der Waals surface area contributed by atoms with E-state index < -0.39 is 0 Å². The van der Waals surface area contributed by atoms with Gasteiger partial charge >= 0.3 is 220 Å². The summed E-state index contributed by atoms with van der Waals surface area (Å²) in [6, 6.07) is 0. The van der Waals surface area contributed by atoms with Gasteiger partial charge in [-0.1, -0.05) is 0 Å². The van der Waals surface area contributed by atoms with Crippen LogP contribution in [0.5, 0.6) is 0 Å². The number of carbonyl (C=O) groups is 3. The number of carbonyl (C=O) groups excluding carboxylic acids is 3. The van der Waals surface area contributed by atoms with E-state index in [0.29, 0.717) is 44.2 Å². The topological polar surface area (TPSA) is 98.0 Å². The molecule has 34 heavy (non-hydrogen) atoms. The van der Waals surface area contributed by atoms with Gasteiger partial charge in [0.15, 0.2) is 0 Å². The Balaban J connectivity index is 4.43. The predicted octanol–water partition coefficient (Wildman–Crippen LogP) is 0.501. The summed E-state index contributed by atoms with van der Waals surface area (Å²) >= 11 is 4.98. The molecule has 0 aromatic rings. The van der Waals surface area contributed by atoms with Gasteiger partial charge in [0.25, 0.3) is 0 Å². The first-order chi connectivity index (χ1) is 16.4. The number of hydrogen-bond donors (Lipinski definition) is 0. The second kappa shape index (κ2) is 22.3. The van der Waals surface area contributed by atoms with Crippen molar-refractivity contribution in [3.05, 3.63) is 12.8 Å². The fraction of sp³-hybridized carbons (Fsp3) is 0.737. The molecule has 0 aromatic heterocycles. The summed E-state index contributed by atoms with van der Waals surface area (Å²) < 4.78 is 0. The van der Waals surface area contributed by atoms with E-state index in [9.17, 15) is 14.4 Å². The van der Waals surface area contributed by atoms with Crippen LogP contribution >= 0.6 is 35.3 Å². The third-order valence-corrected chi connectivity index (χ3v) is 6.96. The molecule has 0 atom stereocenters. The molecular formula is C19H32B3N6O3S3. The zero-order chi connectivity index (χ0) is 25.6. The molecule has 0 aliphatic carbocycles. The van der Waals surface area contributed by atoms with Crippen molar-refractivity contribution >= 4 is 75.9 Å². The van der Waals surface area contributed by atoms with Gasteiger partial charge in [0.2, 0.25) is 0 Å². The first-order valence-corrected chi connectivity index (χ1v) is 14.4. The summed E-state index contributed by atoms with van der Waals surface area (Å²) in [5.74, 6) is 3.32. The van der Waals surface area contributed by atoms with Crippen molar-refractivity contribution in [2.24, 2.45) is 14.7 Å². The molecule has 9 nitrogen and oxygen atoms in total. The van der Waals surface area contributed by atoms with Crippen molar-refractivity contribution in [1.82, 2.24) is 14.7 Å². The van der Waals surface area contributed by atoms with Gasteiger partial charge in [-0.05, 0) is 0 Å². The molecule has 0 aromatic carbocycles. The quantitative estimate of drug-likeness (QED) is 0.152. The average molecular weight is 521 g/mol.